The van der Waals surface area contributed by atoms with Crippen molar-refractivity contribution in [1.82, 2.24) is 29.4 Å². The molecule has 33 heteroatoms. The minimum atomic E-state index is -2.56. The van der Waals surface area contributed by atoms with Gasteiger partial charge in [0.05, 0.1) is 85.1 Å². The van der Waals surface area contributed by atoms with Crippen LogP contribution in [0.25, 0.3) is 0 Å². The molecule has 0 saturated carbocycles. The number of hydrogen-bond acceptors (Lipinski definition) is 24. The molecule has 0 unspecified atom stereocenters. The molecule has 0 spiro atoms. The number of aliphatic hydroxyl groups excluding tert-OH is 2. The van der Waals surface area contributed by atoms with Crippen molar-refractivity contribution in [3.8, 4) is 0 Å². The van der Waals surface area contributed by atoms with Gasteiger partial charge in [-0.2, -0.15) is 0 Å². The zero-order valence-corrected chi connectivity index (χ0v) is 36.5. The SMILES string of the molecule is O=C[C@H](OC(=O)CN(CCN(CC(=O)O)CC(=O)O)CC(=O)O)[C@@H](OC(=O)CN(CCN(CC(=O)O)CC(=O)O)CC(=O)O)[C@H](OC(=O)CN(CCN(CC(=O)O)CC(=O)O)CC(=O)O)[C@H](O)CO. The first kappa shape index (κ1) is 62.0. The normalized spacial score (nSPS) is 13.1. The number of carboxylic acid groups (broad SMARTS) is 9. The van der Waals surface area contributed by atoms with Gasteiger partial charge in [-0.1, -0.05) is 0 Å². The summed E-state index contributed by atoms with van der Waals surface area (Å²) in [5.41, 5.74) is 0. The summed E-state index contributed by atoms with van der Waals surface area (Å²) in [6, 6.07) is 0. The molecule has 0 aliphatic heterocycles. The fourth-order valence-corrected chi connectivity index (χ4v) is 5.93. The van der Waals surface area contributed by atoms with E-state index in [1.807, 2.05) is 0 Å². The zero-order chi connectivity index (χ0) is 53.0. The van der Waals surface area contributed by atoms with Crippen LogP contribution in [0.2, 0.25) is 0 Å². The molecule has 0 heterocycles. The van der Waals surface area contributed by atoms with Crippen LogP contribution in [0.15, 0.2) is 0 Å². The highest BCUT2D eigenvalue weighted by atomic mass is 16.6. The van der Waals surface area contributed by atoms with Crippen LogP contribution in [0.5, 0.6) is 0 Å². The van der Waals surface area contributed by atoms with Gasteiger partial charge < -0.3 is 70.4 Å². The molecule has 0 aromatic heterocycles. The molecule has 0 amide bonds. The Labute approximate surface area is 388 Å². The lowest BCUT2D eigenvalue weighted by molar-refractivity contribution is -0.197. The number of carbonyl (C=O) groups excluding carboxylic acids is 4. The molecule has 0 aromatic carbocycles. The molecule has 0 aromatic rings. The molecule has 4 atom stereocenters. The maximum atomic E-state index is 13.5. The molecule has 0 aliphatic rings. The van der Waals surface area contributed by atoms with Crippen molar-refractivity contribution in [2.45, 2.75) is 24.4 Å². The number of aliphatic hydroxyl groups is 2. The van der Waals surface area contributed by atoms with Gasteiger partial charge in [0.2, 0.25) is 0 Å². The van der Waals surface area contributed by atoms with Gasteiger partial charge in [-0.3, -0.25) is 91.7 Å². The minimum absolute atomic E-state index is 0.273. The lowest BCUT2D eigenvalue weighted by Crippen LogP contribution is -2.54. The Bertz CT molecular complexity index is 1770. The molecule has 390 valence electrons. The van der Waals surface area contributed by atoms with Gasteiger partial charge in [-0.05, 0) is 0 Å². The Balaban J connectivity index is 7.08. The summed E-state index contributed by atoms with van der Waals surface area (Å²) in [5, 5.41) is 104. The molecule has 69 heavy (non-hydrogen) atoms. The molecule has 0 radical (unpaired) electrons. The Morgan fingerprint density at radius 2 is 0.551 bits per heavy atom. The minimum Gasteiger partial charge on any atom is -0.480 e. The monoisotopic (exact) mass is 1000 g/mol. The van der Waals surface area contributed by atoms with Crippen LogP contribution in [0.4, 0.5) is 0 Å². The maximum Gasteiger partial charge on any atom is 0.321 e. The summed E-state index contributed by atoms with van der Waals surface area (Å²) in [7, 11) is 0. The topological polar surface area (TPSA) is 492 Å². The van der Waals surface area contributed by atoms with Crippen molar-refractivity contribution in [2.24, 2.45) is 0 Å². The van der Waals surface area contributed by atoms with Gasteiger partial charge in [0.1, 0.15) is 6.10 Å². The van der Waals surface area contributed by atoms with Gasteiger partial charge in [0, 0.05) is 39.3 Å². The maximum absolute atomic E-state index is 13.5. The van der Waals surface area contributed by atoms with Crippen LogP contribution in [0.3, 0.4) is 0 Å². The van der Waals surface area contributed by atoms with Crippen LogP contribution in [0.1, 0.15) is 0 Å². The number of nitrogens with zero attached hydrogens (tertiary/aromatic N) is 6. The van der Waals surface area contributed by atoms with E-state index in [1.54, 1.807) is 0 Å². The van der Waals surface area contributed by atoms with Crippen LogP contribution >= 0.6 is 0 Å². The van der Waals surface area contributed by atoms with Crippen LogP contribution in [-0.2, 0) is 76.5 Å². The molecule has 0 saturated heterocycles. The number of rotatable bonds is 41. The zero-order valence-electron chi connectivity index (χ0n) is 36.5. The summed E-state index contributed by atoms with van der Waals surface area (Å²) in [6.45, 7) is -16.0. The third kappa shape index (κ3) is 30.1. The smallest absolute Gasteiger partial charge is 0.321 e. The van der Waals surface area contributed by atoms with Crippen LogP contribution in [-0.4, -0.2) is 312 Å². The Morgan fingerprint density at radius 1 is 0.348 bits per heavy atom. The first-order chi connectivity index (χ1) is 32.1. The molecule has 33 nitrogen and oxygen atoms in total. The average Bonchev–Trinajstić information content (AvgIpc) is 3.19. The van der Waals surface area contributed by atoms with Crippen molar-refractivity contribution in [2.75, 3.05) is 124 Å². The largest absolute Gasteiger partial charge is 0.480 e. The predicted molar refractivity (Wildman–Crippen MR) is 216 cm³/mol. The van der Waals surface area contributed by atoms with E-state index in [0.29, 0.717) is 0 Å². The third-order valence-electron chi connectivity index (χ3n) is 8.64. The van der Waals surface area contributed by atoms with E-state index in [2.05, 4.69) is 0 Å². The van der Waals surface area contributed by atoms with Crippen LogP contribution in [0, 0.1) is 0 Å². The van der Waals surface area contributed by atoms with Crippen molar-refractivity contribution in [1.29, 1.82) is 0 Å². The second kappa shape index (κ2) is 32.7. The lowest BCUT2D eigenvalue weighted by atomic mass is 10.0. The second-order valence-corrected chi connectivity index (χ2v) is 14.6. The van der Waals surface area contributed by atoms with Crippen LogP contribution < -0.4 is 0 Å². The first-order valence-corrected chi connectivity index (χ1v) is 19.8. The summed E-state index contributed by atoms with van der Waals surface area (Å²) < 4.78 is 15.7. The second-order valence-electron chi connectivity index (χ2n) is 14.6. The van der Waals surface area contributed by atoms with Crippen molar-refractivity contribution in [3.05, 3.63) is 0 Å². The van der Waals surface area contributed by atoms with E-state index >= 15 is 0 Å². The third-order valence-corrected chi connectivity index (χ3v) is 8.64. The van der Waals surface area contributed by atoms with Gasteiger partial charge in [-0.15, -0.1) is 0 Å². The lowest BCUT2D eigenvalue weighted by Gasteiger charge is -2.34. The number of aliphatic carboxylic acids is 9. The summed E-state index contributed by atoms with van der Waals surface area (Å²) >= 11 is 0. The van der Waals surface area contributed by atoms with E-state index in [0.717, 1.165) is 29.4 Å². The van der Waals surface area contributed by atoms with E-state index in [4.69, 9.17) is 44.8 Å². The fourth-order valence-electron chi connectivity index (χ4n) is 5.93. The van der Waals surface area contributed by atoms with E-state index < -0.39 is 220 Å². The highest BCUT2D eigenvalue weighted by molar-refractivity contribution is 5.79. The quantitative estimate of drug-likeness (QED) is 0.0154. The number of ether oxygens (including phenoxy) is 3. The molecular weight excluding hydrogens is 948 g/mol. The molecule has 11 N–H and O–H groups in total. The first-order valence-electron chi connectivity index (χ1n) is 19.8. The summed E-state index contributed by atoms with van der Waals surface area (Å²) in [6.07, 6.45) is -10.3. The van der Waals surface area contributed by atoms with Crippen molar-refractivity contribution in [3.63, 3.8) is 0 Å². The van der Waals surface area contributed by atoms with Gasteiger partial charge >= 0.3 is 71.6 Å². The number of hydrogen-bond donors (Lipinski definition) is 11. The number of carbonyl (C=O) groups is 13. The Morgan fingerprint density at radius 3 is 0.754 bits per heavy atom. The Hall–Kier alpha value is -7.01. The van der Waals surface area contributed by atoms with Crippen molar-refractivity contribution >= 4 is 77.9 Å². The van der Waals surface area contributed by atoms with Gasteiger partial charge in [0.15, 0.2) is 24.6 Å². The standard InChI is InChI=1S/C36H54N6O27/c43-19-21(45)35(68-33(65)17-41(14-30(60)61)5-2-38(9-25(50)51)10-26(52)53)36(69-34(66)18-42(15-31(62)63)6-3-39(11-27(54)55)12-28(56)57)22(20-44)67-32(64)16-40(13-29(58)59)4-1-37(7-23(46)47)8-24(48)49/h20-22,35-36,43,45H,1-19H2,(H,46,47)(H,48,49)(H,50,51)(H,52,53)(H,54,55)(H,56,57)(H,58,59)(H,60,61)(H,62,63)/t21-,22+,35-,36-/m1/s1. The van der Waals surface area contributed by atoms with E-state index in [-0.39, 0.29) is 6.29 Å². The fraction of sp³-hybridized carbons (Fsp3) is 0.639. The number of carboxylic acids is 9. The van der Waals surface area contributed by atoms with Crippen molar-refractivity contribution < 1.29 is 133 Å². The van der Waals surface area contributed by atoms with Gasteiger partial charge in [-0.25, -0.2) is 0 Å². The summed E-state index contributed by atoms with van der Waals surface area (Å²) in [4.78, 5) is 160. The molecule has 0 bridgehead atoms. The average molecular weight is 1000 g/mol. The number of esters is 3. The highest BCUT2D eigenvalue weighted by Gasteiger charge is 2.43. The highest BCUT2D eigenvalue weighted by Crippen LogP contribution is 2.18. The molecule has 0 fully saturated rings. The predicted octanol–water partition coefficient (Wildman–Crippen LogP) is -8.15. The Kier molecular flexibility index (Phi) is 29.3. The summed E-state index contributed by atoms with van der Waals surface area (Å²) in [5.74, 6) is -18.4. The van der Waals surface area contributed by atoms with E-state index in [9.17, 15) is 87.9 Å². The van der Waals surface area contributed by atoms with Gasteiger partial charge in [0.25, 0.3) is 0 Å². The number of aldehydes is 1. The molecular formula is C36H54N6O27. The van der Waals surface area contributed by atoms with E-state index in [1.165, 1.54) is 0 Å². The molecule has 0 rings (SSSR count). The molecule has 0 aliphatic carbocycles.